The summed E-state index contributed by atoms with van der Waals surface area (Å²) in [5.74, 6) is -0.0545. The van der Waals surface area contributed by atoms with Crippen LogP contribution in [0.3, 0.4) is 0 Å². The molecule has 5 nitrogen and oxygen atoms in total. The van der Waals surface area contributed by atoms with Crippen molar-refractivity contribution in [1.82, 2.24) is 15.2 Å². The highest BCUT2D eigenvalue weighted by atomic mass is 16.5. The first kappa shape index (κ1) is 16.9. The molecule has 1 saturated heterocycles. The molecule has 2 aromatic rings. The van der Waals surface area contributed by atoms with E-state index in [1.807, 2.05) is 52.1 Å². The van der Waals surface area contributed by atoms with Gasteiger partial charge in [-0.1, -0.05) is 11.6 Å². The van der Waals surface area contributed by atoms with Gasteiger partial charge in [0.1, 0.15) is 0 Å². The van der Waals surface area contributed by atoms with E-state index in [-0.39, 0.29) is 18.1 Å². The fourth-order valence-electron chi connectivity index (χ4n) is 3.39. The highest BCUT2D eigenvalue weighted by molar-refractivity contribution is 6.06. The van der Waals surface area contributed by atoms with E-state index in [1.165, 1.54) is 0 Å². The number of hydrogen-bond acceptors (Lipinski definition) is 4. The van der Waals surface area contributed by atoms with Crippen LogP contribution < -0.4 is 5.32 Å². The van der Waals surface area contributed by atoms with Gasteiger partial charge >= 0.3 is 0 Å². The molecule has 1 aromatic heterocycles. The van der Waals surface area contributed by atoms with Crippen molar-refractivity contribution in [2.45, 2.75) is 32.9 Å². The van der Waals surface area contributed by atoms with Gasteiger partial charge in [-0.2, -0.15) is 0 Å². The Morgan fingerprint density at radius 3 is 2.88 bits per heavy atom. The third-order valence-electron chi connectivity index (χ3n) is 4.48. The smallest absolute Gasteiger partial charge is 0.252 e. The van der Waals surface area contributed by atoms with Crippen LogP contribution in [0.2, 0.25) is 0 Å². The molecule has 0 unspecified atom stereocenters. The lowest BCUT2D eigenvalue weighted by Gasteiger charge is -2.20. The van der Waals surface area contributed by atoms with Crippen molar-refractivity contribution in [3.8, 4) is 0 Å². The molecule has 0 radical (unpaired) electrons. The maximum Gasteiger partial charge on any atom is 0.252 e. The number of nitrogens with zero attached hydrogens (tertiary/aromatic N) is 2. The number of amides is 1. The molecule has 24 heavy (non-hydrogen) atoms. The summed E-state index contributed by atoms with van der Waals surface area (Å²) in [5.41, 5.74) is 3.51. The Balaban J connectivity index is 1.90. The van der Waals surface area contributed by atoms with Gasteiger partial charge in [0, 0.05) is 30.8 Å². The molecule has 1 aliphatic rings. The lowest BCUT2D eigenvalue weighted by Crippen LogP contribution is -2.44. The number of fused-ring (bicyclic) bond motifs is 1. The minimum Gasteiger partial charge on any atom is -0.375 e. The number of ether oxygens (including phenoxy) is 1. The molecule has 3 rings (SSSR count). The largest absolute Gasteiger partial charge is 0.375 e. The monoisotopic (exact) mass is 327 g/mol. The lowest BCUT2D eigenvalue weighted by atomic mass is 10.0. The van der Waals surface area contributed by atoms with Gasteiger partial charge in [0.05, 0.1) is 23.2 Å². The molecule has 0 saturated carbocycles. The third kappa shape index (κ3) is 3.42. The number of aromatic nitrogens is 1. The zero-order valence-corrected chi connectivity index (χ0v) is 14.8. The van der Waals surface area contributed by atoms with E-state index in [0.717, 1.165) is 35.2 Å². The van der Waals surface area contributed by atoms with Gasteiger partial charge in [-0.3, -0.25) is 9.78 Å². The summed E-state index contributed by atoms with van der Waals surface area (Å²) in [7, 11) is 2.05. The van der Waals surface area contributed by atoms with Crippen molar-refractivity contribution in [1.29, 1.82) is 0 Å². The van der Waals surface area contributed by atoms with E-state index in [2.05, 4.69) is 15.2 Å². The summed E-state index contributed by atoms with van der Waals surface area (Å²) >= 11 is 0. The lowest BCUT2D eigenvalue weighted by molar-refractivity contribution is 0.0513. The van der Waals surface area contributed by atoms with E-state index in [4.69, 9.17) is 4.74 Å². The van der Waals surface area contributed by atoms with Crippen molar-refractivity contribution in [3.05, 3.63) is 41.1 Å². The molecule has 0 bridgehead atoms. The molecule has 2 atom stereocenters. The maximum absolute atomic E-state index is 12.9. The fourth-order valence-corrected chi connectivity index (χ4v) is 3.39. The molecular weight excluding hydrogens is 302 g/mol. The molecule has 1 amide bonds. The predicted octanol–water partition coefficient (Wildman–Crippen LogP) is 2.30. The highest BCUT2D eigenvalue weighted by Gasteiger charge is 2.32. The molecule has 1 aliphatic heterocycles. The second-order valence-electron chi connectivity index (χ2n) is 6.63. The van der Waals surface area contributed by atoms with Gasteiger partial charge in [0.25, 0.3) is 5.91 Å². The zero-order valence-electron chi connectivity index (χ0n) is 14.8. The Kier molecular flexibility index (Phi) is 4.83. The van der Waals surface area contributed by atoms with E-state index in [0.29, 0.717) is 12.2 Å². The molecule has 128 valence electrons. The summed E-state index contributed by atoms with van der Waals surface area (Å²) in [6.07, 6.45) is 0.0416. The van der Waals surface area contributed by atoms with E-state index in [9.17, 15) is 4.79 Å². The van der Waals surface area contributed by atoms with Gasteiger partial charge in [-0.25, -0.2) is 0 Å². The van der Waals surface area contributed by atoms with Crippen LogP contribution in [0.15, 0.2) is 24.3 Å². The minimum absolute atomic E-state index is 0.00998. The number of likely N-dealkylation sites (tertiary alicyclic amines) is 1. The normalized spacial score (nSPS) is 21.3. The topological polar surface area (TPSA) is 54.5 Å². The molecule has 1 aromatic carbocycles. The molecule has 0 aliphatic carbocycles. The summed E-state index contributed by atoms with van der Waals surface area (Å²) in [6.45, 7) is 8.23. The molecule has 5 heteroatoms. The molecule has 1 N–H and O–H groups in total. The SMILES string of the molecule is CCO[C@H]1CN(C)C[C@@H]1NC(=O)c1cc(C)nc2ccc(C)cc12. The first-order chi connectivity index (χ1) is 11.5. The van der Waals surface area contributed by atoms with Crippen LogP contribution in [0.25, 0.3) is 10.9 Å². The van der Waals surface area contributed by atoms with Gasteiger partial charge < -0.3 is 15.0 Å². The predicted molar refractivity (Wildman–Crippen MR) is 95.4 cm³/mol. The van der Waals surface area contributed by atoms with Crippen LogP contribution in [-0.4, -0.2) is 54.7 Å². The third-order valence-corrected chi connectivity index (χ3v) is 4.48. The maximum atomic E-state index is 12.9. The molecule has 1 fully saturated rings. The average Bonchev–Trinajstić information content (AvgIpc) is 2.86. The van der Waals surface area contributed by atoms with Gasteiger partial charge in [-0.15, -0.1) is 0 Å². The number of aryl methyl sites for hydroxylation is 2. The summed E-state index contributed by atoms with van der Waals surface area (Å²) < 4.78 is 5.78. The Labute approximate surface area is 143 Å². The van der Waals surface area contributed by atoms with E-state index >= 15 is 0 Å². The van der Waals surface area contributed by atoms with Crippen molar-refractivity contribution in [2.75, 3.05) is 26.7 Å². The quantitative estimate of drug-likeness (QED) is 0.936. The molecule has 2 heterocycles. The van der Waals surface area contributed by atoms with Crippen LogP contribution in [0.1, 0.15) is 28.5 Å². The molecule has 0 spiro atoms. The Morgan fingerprint density at radius 1 is 1.33 bits per heavy atom. The van der Waals surface area contributed by atoms with Crippen LogP contribution in [-0.2, 0) is 4.74 Å². The minimum atomic E-state index is -0.0545. The van der Waals surface area contributed by atoms with Crippen molar-refractivity contribution in [2.24, 2.45) is 0 Å². The summed E-state index contributed by atoms with van der Waals surface area (Å²) in [6, 6.07) is 7.90. The number of carbonyl (C=O) groups is 1. The van der Waals surface area contributed by atoms with Crippen LogP contribution in [0, 0.1) is 13.8 Å². The van der Waals surface area contributed by atoms with Crippen molar-refractivity contribution >= 4 is 16.8 Å². The zero-order chi connectivity index (χ0) is 17.3. The Hall–Kier alpha value is -1.98. The van der Waals surface area contributed by atoms with Gasteiger partial charge in [-0.05, 0) is 46.0 Å². The van der Waals surface area contributed by atoms with Gasteiger partial charge in [0.2, 0.25) is 0 Å². The number of rotatable bonds is 4. The number of nitrogens with one attached hydrogen (secondary N) is 1. The van der Waals surface area contributed by atoms with E-state index in [1.54, 1.807) is 0 Å². The van der Waals surface area contributed by atoms with Crippen molar-refractivity contribution < 1.29 is 9.53 Å². The number of pyridine rings is 1. The second-order valence-corrected chi connectivity index (χ2v) is 6.63. The summed E-state index contributed by atoms with van der Waals surface area (Å²) in [5, 5.41) is 4.07. The summed E-state index contributed by atoms with van der Waals surface area (Å²) in [4.78, 5) is 19.6. The highest BCUT2D eigenvalue weighted by Crippen LogP contribution is 2.21. The number of benzene rings is 1. The number of hydrogen-bond donors (Lipinski definition) is 1. The van der Waals surface area contributed by atoms with Crippen molar-refractivity contribution in [3.63, 3.8) is 0 Å². The number of likely N-dealkylation sites (N-methyl/N-ethyl adjacent to an activating group) is 1. The first-order valence-electron chi connectivity index (χ1n) is 8.47. The average molecular weight is 327 g/mol. The number of carbonyl (C=O) groups excluding carboxylic acids is 1. The second kappa shape index (κ2) is 6.87. The molecular formula is C19H25N3O2. The Morgan fingerprint density at radius 2 is 2.12 bits per heavy atom. The van der Waals surface area contributed by atoms with Crippen LogP contribution in [0.4, 0.5) is 0 Å². The first-order valence-corrected chi connectivity index (χ1v) is 8.47. The van der Waals surface area contributed by atoms with Crippen LogP contribution >= 0.6 is 0 Å². The van der Waals surface area contributed by atoms with Crippen LogP contribution in [0.5, 0.6) is 0 Å². The van der Waals surface area contributed by atoms with Gasteiger partial charge in [0.15, 0.2) is 0 Å². The standard InChI is InChI=1S/C19H25N3O2/c1-5-24-18-11-22(4)10-17(18)21-19(23)15-9-13(3)20-16-7-6-12(2)8-14(15)16/h6-9,17-18H,5,10-11H2,1-4H3,(H,21,23)/t17-,18-/m0/s1. The fraction of sp³-hybridized carbons (Fsp3) is 0.474. The van der Waals surface area contributed by atoms with E-state index < -0.39 is 0 Å². The Bertz CT molecular complexity index is 760.